The molecule has 3 N–H and O–H groups in total. The third-order valence-corrected chi connectivity index (χ3v) is 2.91. The number of nitrogens with one attached hydrogen (secondary N) is 1. The van der Waals surface area contributed by atoms with E-state index in [1.165, 1.54) is 0 Å². The van der Waals surface area contributed by atoms with Crippen molar-refractivity contribution in [2.75, 3.05) is 26.2 Å². The Morgan fingerprint density at radius 1 is 1.50 bits per heavy atom. The van der Waals surface area contributed by atoms with Crippen LogP contribution in [0.15, 0.2) is 0 Å². The van der Waals surface area contributed by atoms with Crippen molar-refractivity contribution < 1.29 is 4.79 Å². The van der Waals surface area contributed by atoms with Gasteiger partial charge in [0.25, 0.3) is 0 Å². The van der Waals surface area contributed by atoms with E-state index < -0.39 is 0 Å². The monoisotopic (exact) mass is 219 g/mol. The highest BCUT2D eigenvalue weighted by atomic mass is 35.5. The number of hydrogen-bond acceptors (Lipinski definition) is 3. The molecule has 82 valence electrons. The number of carbonyl (C=O) groups is 1. The molecule has 2 saturated heterocycles. The number of nitrogens with two attached hydrogens (primary N) is 1. The first-order valence-corrected chi connectivity index (χ1v) is 5.00. The van der Waals surface area contributed by atoms with Crippen LogP contribution in [0.25, 0.3) is 0 Å². The van der Waals surface area contributed by atoms with Crippen molar-refractivity contribution in [1.29, 1.82) is 0 Å². The standard InChI is InChI=1S/C9H17N3O.ClH/c10-8-1-2-12(6-8)9(13)3-7-4-11-5-7;/h7-8,11H,1-6,10H2;1H/t8-;/m1./s1. The van der Waals surface area contributed by atoms with Crippen LogP contribution >= 0.6 is 12.4 Å². The highest BCUT2D eigenvalue weighted by molar-refractivity contribution is 5.85. The Hall–Kier alpha value is -0.320. The van der Waals surface area contributed by atoms with Gasteiger partial charge in [-0.25, -0.2) is 0 Å². The molecule has 14 heavy (non-hydrogen) atoms. The first kappa shape index (κ1) is 11.8. The summed E-state index contributed by atoms with van der Waals surface area (Å²) in [5.74, 6) is 0.865. The fraction of sp³-hybridized carbons (Fsp3) is 0.889. The van der Waals surface area contributed by atoms with Gasteiger partial charge < -0.3 is 16.0 Å². The molecule has 0 bridgehead atoms. The van der Waals surface area contributed by atoms with E-state index in [1.54, 1.807) is 0 Å². The molecule has 0 aromatic rings. The van der Waals surface area contributed by atoms with E-state index in [2.05, 4.69) is 5.32 Å². The van der Waals surface area contributed by atoms with Crippen molar-refractivity contribution in [2.45, 2.75) is 18.9 Å². The Bertz CT molecular complexity index is 208. The summed E-state index contributed by atoms with van der Waals surface area (Å²) in [6, 6.07) is 0.212. The molecule has 1 atom stereocenters. The van der Waals surface area contributed by atoms with Crippen LogP contribution in [-0.2, 0) is 4.79 Å². The van der Waals surface area contributed by atoms with Gasteiger partial charge in [-0.1, -0.05) is 0 Å². The summed E-state index contributed by atoms with van der Waals surface area (Å²) in [5.41, 5.74) is 5.73. The molecule has 2 fully saturated rings. The summed E-state index contributed by atoms with van der Waals surface area (Å²) in [6.07, 6.45) is 1.67. The van der Waals surface area contributed by atoms with Gasteiger partial charge in [0.1, 0.15) is 0 Å². The van der Waals surface area contributed by atoms with Gasteiger partial charge >= 0.3 is 0 Å². The Kier molecular flexibility index (Phi) is 4.16. The average Bonchev–Trinajstić information content (AvgIpc) is 2.44. The molecular formula is C9H18ClN3O. The number of nitrogens with zero attached hydrogens (tertiary/aromatic N) is 1. The fourth-order valence-electron chi connectivity index (χ4n) is 1.88. The normalized spacial score (nSPS) is 26.9. The number of carbonyl (C=O) groups excluding carboxylic acids is 1. The van der Waals surface area contributed by atoms with Gasteiger partial charge in [0, 0.05) is 25.6 Å². The minimum atomic E-state index is 0. The van der Waals surface area contributed by atoms with Crippen LogP contribution in [-0.4, -0.2) is 43.0 Å². The Balaban J connectivity index is 0.000000980. The molecule has 4 nitrogen and oxygen atoms in total. The lowest BCUT2D eigenvalue weighted by Crippen LogP contribution is -2.45. The number of rotatable bonds is 2. The van der Waals surface area contributed by atoms with Gasteiger partial charge in [-0.15, -0.1) is 12.4 Å². The first-order valence-electron chi connectivity index (χ1n) is 5.00. The van der Waals surface area contributed by atoms with Gasteiger partial charge in [0.15, 0.2) is 0 Å². The second-order valence-electron chi connectivity index (χ2n) is 4.12. The van der Waals surface area contributed by atoms with Gasteiger partial charge in [-0.2, -0.15) is 0 Å². The summed E-state index contributed by atoms with van der Waals surface area (Å²) in [6.45, 7) is 3.64. The van der Waals surface area contributed by atoms with Crippen molar-refractivity contribution in [3.8, 4) is 0 Å². The first-order chi connectivity index (χ1) is 6.25. The number of hydrogen-bond donors (Lipinski definition) is 2. The van der Waals surface area contributed by atoms with Gasteiger partial charge in [0.2, 0.25) is 5.91 Å². The molecular weight excluding hydrogens is 202 g/mol. The summed E-state index contributed by atoms with van der Waals surface area (Å²) >= 11 is 0. The van der Waals surface area contributed by atoms with Gasteiger partial charge in [0.05, 0.1) is 0 Å². The average molecular weight is 220 g/mol. The lowest BCUT2D eigenvalue weighted by molar-refractivity contribution is -0.131. The highest BCUT2D eigenvalue weighted by Crippen LogP contribution is 2.14. The second kappa shape index (κ2) is 4.96. The van der Waals surface area contributed by atoms with Crippen molar-refractivity contribution in [3.05, 3.63) is 0 Å². The maximum absolute atomic E-state index is 11.6. The molecule has 5 heteroatoms. The van der Waals surface area contributed by atoms with E-state index in [4.69, 9.17) is 5.73 Å². The lowest BCUT2D eigenvalue weighted by atomic mass is 9.99. The topological polar surface area (TPSA) is 58.4 Å². The summed E-state index contributed by atoms with van der Waals surface area (Å²) in [4.78, 5) is 13.5. The molecule has 2 rings (SSSR count). The molecule has 2 aliphatic rings. The maximum atomic E-state index is 11.6. The Morgan fingerprint density at radius 2 is 2.21 bits per heavy atom. The Morgan fingerprint density at radius 3 is 2.64 bits per heavy atom. The zero-order valence-corrected chi connectivity index (χ0v) is 9.05. The zero-order chi connectivity index (χ0) is 9.26. The quantitative estimate of drug-likeness (QED) is 0.663. The molecule has 2 heterocycles. The zero-order valence-electron chi connectivity index (χ0n) is 8.24. The van der Waals surface area contributed by atoms with Crippen LogP contribution in [0, 0.1) is 5.92 Å². The van der Waals surface area contributed by atoms with Crippen LogP contribution in [0.5, 0.6) is 0 Å². The van der Waals surface area contributed by atoms with Crippen molar-refractivity contribution in [3.63, 3.8) is 0 Å². The summed E-state index contributed by atoms with van der Waals surface area (Å²) in [5, 5.41) is 3.17. The molecule has 0 spiro atoms. The number of amides is 1. The Labute approximate surface area is 90.6 Å². The molecule has 1 amide bonds. The smallest absolute Gasteiger partial charge is 0.222 e. The van der Waals surface area contributed by atoms with Crippen molar-refractivity contribution in [2.24, 2.45) is 11.7 Å². The van der Waals surface area contributed by atoms with E-state index in [9.17, 15) is 4.79 Å². The number of halogens is 1. The molecule has 0 unspecified atom stereocenters. The van der Waals surface area contributed by atoms with Crippen LogP contribution in [0.3, 0.4) is 0 Å². The molecule has 2 aliphatic heterocycles. The van der Waals surface area contributed by atoms with Gasteiger partial charge in [-0.3, -0.25) is 4.79 Å². The summed E-state index contributed by atoms with van der Waals surface area (Å²) in [7, 11) is 0. The molecule has 0 saturated carbocycles. The lowest BCUT2D eigenvalue weighted by Gasteiger charge is -2.28. The maximum Gasteiger partial charge on any atom is 0.222 e. The molecule has 0 aromatic carbocycles. The summed E-state index contributed by atoms with van der Waals surface area (Å²) < 4.78 is 0. The van der Waals surface area contributed by atoms with E-state index in [0.717, 1.165) is 32.6 Å². The van der Waals surface area contributed by atoms with E-state index >= 15 is 0 Å². The van der Waals surface area contributed by atoms with Crippen LogP contribution in [0.1, 0.15) is 12.8 Å². The third-order valence-electron chi connectivity index (χ3n) is 2.91. The van der Waals surface area contributed by atoms with E-state index in [0.29, 0.717) is 18.2 Å². The predicted molar refractivity (Wildman–Crippen MR) is 57.4 cm³/mol. The SMILES string of the molecule is Cl.N[C@@H]1CCN(C(=O)CC2CNC2)C1. The molecule has 0 radical (unpaired) electrons. The van der Waals surface area contributed by atoms with Crippen LogP contribution < -0.4 is 11.1 Å². The second-order valence-corrected chi connectivity index (χ2v) is 4.12. The van der Waals surface area contributed by atoms with Crippen LogP contribution in [0.2, 0.25) is 0 Å². The minimum absolute atomic E-state index is 0. The van der Waals surface area contributed by atoms with E-state index in [-0.39, 0.29) is 18.4 Å². The van der Waals surface area contributed by atoms with Crippen LogP contribution in [0.4, 0.5) is 0 Å². The molecule has 0 aliphatic carbocycles. The minimum Gasteiger partial charge on any atom is -0.341 e. The predicted octanol–water partition coefficient (Wildman–Crippen LogP) is -0.423. The fourth-order valence-corrected chi connectivity index (χ4v) is 1.88. The number of likely N-dealkylation sites (tertiary alicyclic amines) is 1. The van der Waals surface area contributed by atoms with E-state index in [1.807, 2.05) is 4.90 Å². The van der Waals surface area contributed by atoms with Gasteiger partial charge in [-0.05, 0) is 25.4 Å². The van der Waals surface area contributed by atoms with Crippen molar-refractivity contribution >= 4 is 18.3 Å². The highest BCUT2D eigenvalue weighted by Gasteiger charge is 2.27. The third kappa shape index (κ3) is 2.59. The van der Waals surface area contributed by atoms with Crippen molar-refractivity contribution in [1.82, 2.24) is 10.2 Å². The largest absolute Gasteiger partial charge is 0.341 e. The molecule has 0 aromatic heterocycles.